The van der Waals surface area contributed by atoms with E-state index in [0.29, 0.717) is 23.5 Å². The average Bonchev–Trinajstić information content (AvgIpc) is 3.02. The molecule has 0 N–H and O–H groups in total. The van der Waals surface area contributed by atoms with Crippen LogP contribution in [-0.2, 0) is 36.2 Å². The molecule has 1 aliphatic heterocycles. The van der Waals surface area contributed by atoms with Gasteiger partial charge in [0.05, 0.1) is 30.3 Å². The molecule has 3 heterocycles. The number of hydrogen-bond donors (Lipinski definition) is 0. The van der Waals surface area contributed by atoms with E-state index in [0.717, 1.165) is 4.57 Å². The summed E-state index contributed by atoms with van der Waals surface area (Å²) in [6, 6.07) is 0. The molecule has 2 atom stereocenters. The highest BCUT2D eigenvalue weighted by molar-refractivity contribution is 7.85. The summed E-state index contributed by atoms with van der Waals surface area (Å²) in [5, 5.41) is 0. The van der Waals surface area contributed by atoms with Gasteiger partial charge >= 0.3 is 5.69 Å². The number of hydrogen-bond acceptors (Lipinski definition) is 5. The molecule has 0 spiro atoms. The lowest BCUT2D eigenvalue weighted by atomic mass is 10.5. The topological polar surface area (TPSA) is 88.1 Å². The number of aryl methyl sites for hydroxylation is 1. The van der Waals surface area contributed by atoms with Crippen LogP contribution in [0.25, 0.3) is 11.2 Å². The molecular weight excluding hydrogens is 284 g/mol. The van der Waals surface area contributed by atoms with Crippen molar-refractivity contribution in [2.45, 2.75) is 12.0 Å². The first kappa shape index (κ1) is 13.3. The molecule has 2 aromatic rings. The monoisotopic (exact) mass is 298 g/mol. The van der Waals surface area contributed by atoms with E-state index in [2.05, 4.69) is 4.98 Å². The Balaban J connectivity index is 2.16. The molecule has 0 amide bonds. The fourth-order valence-corrected chi connectivity index (χ4v) is 3.40. The van der Waals surface area contributed by atoms with E-state index in [-0.39, 0.29) is 6.54 Å². The summed E-state index contributed by atoms with van der Waals surface area (Å²) in [5.41, 5.74) is -0.629. The molecule has 1 fully saturated rings. The van der Waals surface area contributed by atoms with Crippen LogP contribution >= 0.6 is 0 Å². The summed E-state index contributed by atoms with van der Waals surface area (Å²) in [6.07, 6.45) is 1.48. The van der Waals surface area contributed by atoms with E-state index in [1.165, 1.54) is 17.9 Å². The maximum Gasteiger partial charge on any atom is 0.332 e. The van der Waals surface area contributed by atoms with Crippen LogP contribution in [0.15, 0.2) is 15.9 Å². The summed E-state index contributed by atoms with van der Waals surface area (Å²) in [6.45, 7) is 0.747. The first-order valence-electron chi connectivity index (χ1n) is 6.10. The summed E-state index contributed by atoms with van der Waals surface area (Å²) in [7, 11) is 1.93. The van der Waals surface area contributed by atoms with Gasteiger partial charge in [-0.2, -0.15) is 0 Å². The van der Waals surface area contributed by atoms with Crippen molar-refractivity contribution in [2.24, 2.45) is 14.1 Å². The minimum absolute atomic E-state index is 0.288. The third-order valence-corrected chi connectivity index (χ3v) is 4.89. The van der Waals surface area contributed by atoms with Crippen LogP contribution in [0.3, 0.4) is 0 Å². The van der Waals surface area contributed by atoms with Crippen LogP contribution in [-0.4, -0.2) is 40.7 Å². The lowest BCUT2D eigenvalue weighted by Crippen LogP contribution is -2.37. The largest absolute Gasteiger partial charge is 0.362 e. The third kappa shape index (κ3) is 1.85. The lowest BCUT2D eigenvalue weighted by Gasteiger charge is -2.10. The SMILES string of the molecule is Cn1c(=O)c2c(ncn2C[C@@H]2OCCS2=O)n(C)c1=O. The van der Waals surface area contributed by atoms with E-state index in [4.69, 9.17) is 4.74 Å². The Morgan fingerprint density at radius 3 is 2.80 bits per heavy atom. The third-order valence-electron chi connectivity index (χ3n) is 3.44. The summed E-state index contributed by atoms with van der Waals surface area (Å²) in [5.74, 6) is 0.508. The van der Waals surface area contributed by atoms with Crippen molar-refractivity contribution in [2.75, 3.05) is 12.4 Å². The van der Waals surface area contributed by atoms with Gasteiger partial charge in [-0.3, -0.25) is 18.1 Å². The maximum absolute atomic E-state index is 12.2. The van der Waals surface area contributed by atoms with Crippen LogP contribution in [0.2, 0.25) is 0 Å². The molecule has 0 aliphatic carbocycles. The minimum Gasteiger partial charge on any atom is -0.362 e. The Morgan fingerprint density at radius 2 is 2.15 bits per heavy atom. The van der Waals surface area contributed by atoms with Crippen LogP contribution in [0.4, 0.5) is 0 Å². The molecular formula is C11H14N4O4S. The first-order chi connectivity index (χ1) is 9.50. The second-order valence-corrected chi connectivity index (χ2v) is 6.36. The zero-order chi connectivity index (χ0) is 14.4. The van der Waals surface area contributed by atoms with Crippen molar-refractivity contribution in [3.05, 3.63) is 27.2 Å². The van der Waals surface area contributed by atoms with Crippen LogP contribution in [0.5, 0.6) is 0 Å². The quantitative estimate of drug-likeness (QED) is 0.676. The molecule has 9 heteroatoms. The van der Waals surface area contributed by atoms with Gasteiger partial charge in [0.2, 0.25) is 0 Å². The minimum atomic E-state index is -1.06. The fourth-order valence-electron chi connectivity index (χ4n) is 2.30. The molecule has 0 saturated carbocycles. The molecule has 0 aromatic carbocycles. The zero-order valence-corrected chi connectivity index (χ0v) is 11.9. The average molecular weight is 298 g/mol. The Kier molecular flexibility index (Phi) is 3.09. The molecule has 3 rings (SSSR count). The van der Waals surface area contributed by atoms with Crippen LogP contribution in [0.1, 0.15) is 0 Å². The molecule has 2 aromatic heterocycles. The summed E-state index contributed by atoms with van der Waals surface area (Å²) < 4.78 is 21.1. The number of ether oxygens (including phenoxy) is 1. The van der Waals surface area contributed by atoms with Gasteiger partial charge < -0.3 is 9.30 Å². The second kappa shape index (κ2) is 4.67. The number of imidazole rings is 1. The number of nitrogens with zero attached hydrogens (tertiary/aromatic N) is 4. The van der Waals surface area contributed by atoms with E-state index in [1.54, 1.807) is 11.6 Å². The highest BCUT2D eigenvalue weighted by Gasteiger charge is 2.25. The van der Waals surface area contributed by atoms with Gasteiger partial charge in [-0.05, 0) is 0 Å². The van der Waals surface area contributed by atoms with Crippen molar-refractivity contribution in [1.82, 2.24) is 18.7 Å². The number of fused-ring (bicyclic) bond motifs is 1. The van der Waals surface area contributed by atoms with Gasteiger partial charge in [0.15, 0.2) is 11.2 Å². The molecule has 108 valence electrons. The lowest BCUT2D eigenvalue weighted by molar-refractivity contribution is 0.130. The van der Waals surface area contributed by atoms with E-state index >= 15 is 0 Å². The fraction of sp³-hybridized carbons (Fsp3) is 0.545. The van der Waals surface area contributed by atoms with Crippen molar-refractivity contribution >= 4 is 22.0 Å². The maximum atomic E-state index is 12.2. The first-order valence-corrected chi connectivity index (χ1v) is 7.48. The smallest absolute Gasteiger partial charge is 0.332 e. The van der Waals surface area contributed by atoms with Crippen molar-refractivity contribution < 1.29 is 8.95 Å². The zero-order valence-electron chi connectivity index (χ0n) is 11.1. The highest BCUT2D eigenvalue weighted by atomic mass is 32.2. The Hall–Kier alpha value is -1.74. The Labute approximate surface area is 116 Å². The normalized spacial score (nSPS) is 22.7. The molecule has 1 unspecified atom stereocenters. The van der Waals surface area contributed by atoms with Crippen molar-refractivity contribution in [1.29, 1.82) is 0 Å². The van der Waals surface area contributed by atoms with E-state index in [9.17, 15) is 13.8 Å². The van der Waals surface area contributed by atoms with Gasteiger partial charge in [0.25, 0.3) is 5.56 Å². The summed E-state index contributed by atoms with van der Waals surface area (Å²) >= 11 is 0. The molecule has 0 radical (unpaired) electrons. The van der Waals surface area contributed by atoms with E-state index < -0.39 is 27.5 Å². The standard InChI is InChI=1S/C11H14N4O4S/c1-13-9-8(10(16)14(2)11(13)17)15(6-12-9)5-7-19-3-4-20(7)18/h6-7H,3-5H2,1-2H3/t7-,20?/m1/s1. The Morgan fingerprint density at radius 1 is 1.40 bits per heavy atom. The summed E-state index contributed by atoms with van der Waals surface area (Å²) in [4.78, 5) is 28.1. The number of aromatic nitrogens is 4. The van der Waals surface area contributed by atoms with Gasteiger partial charge in [-0.15, -0.1) is 0 Å². The number of rotatable bonds is 2. The van der Waals surface area contributed by atoms with Gasteiger partial charge in [0.1, 0.15) is 5.44 Å². The predicted molar refractivity (Wildman–Crippen MR) is 73.0 cm³/mol. The van der Waals surface area contributed by atoms with Crippen LogP contribution in [0, 0.1) is 0 Å². The van der Waals surface area contributed by atoms with Crippen LogP contribution < -0.4 is 11.2 Å². The van der Waals surface area contributed by atoms with Crippen molar-refractivity contribution in [3.8, 4) is 0 Å². The molecule has 1 aliphatic rings. The Bertz CT molecular complexity index is 818. The highest BCUT2D eigenvalue weighted by Crippen LogP contribution is 2.13. The molecule has 8 nitrogen and oxygen atoms in total. The molecule has 0 bridgehead atoms. The predicted octanol–water partition coefficient (Wildman–Crippen LogP) is -1.46. The van der Waals surface area contributed by atoms with Crippen molar-refractivity contribution in [3.63, 3.8) is 0 Å². The van der Waals surface area contributed by atoms with E-state index in [1.807, 2.05) is 0 Å². The molecule has 1 saturated heterocycles. The van der Waals surface area contributed by atoms with Gasteiger partial charge in [-0.25, -0.2) is 9.78 Å². The van der Waals surface area contributed by atoms with Gasteiger partial charge in [-0.1, -0.05) is 0 Å². The second-order valence-electron chi connectivity index (χ2n) is 4.66. The van der Waals surface area contributed by atoms with Gasteiger partial charge in [0, 0.05) is 19.8 Å². The molecule has 20 heavy (non-hydrogen) atoms.